The molecule has 0 atom stereocenters. The molecule has 0 heterocycles. The van der Waals surface area contributed by atoms with Crippen molar-refractivity contribution in [3.8, 4) is 6.07 Å². The summed E-state index contributed by atoms with van der Waals surface area (Å²) in [6.07, 6.45) is 2.05. The van der Waals surface area contributed by atoms with Crippen LogP contribution in [0.4, 0.5) is 0 Å². The van der Waals surface area contributed by atoms with E-state index in [0.29, 0.717) is 0 Å². The Hall–Kier alpha value is -0.200. The zero-order valence-electron chi connectivity index (χ0n) is 7.97. The SMILES string of the molecule is CC(C)(C#N)CCSCCCN. The number of hydrogen-bond acceptors (Lipinski definition) is 3. The van der Waals surface area contributed by atoms with Crippen LogP contribution < -0.4 is 5.73 Å². The molecule has 0 aliphatic rings. The zero-order chi connectivity index (χ0) is 9.45. The topological polar surface area (TPSA) is 49.8 Å². The van der Waals surface area contributed by atoms with Gasteiger partial charge in [-0.05, 0) is 44.7 Å². The van der Waals surface area contributed by atoms with Crippen molar-refractivity contribution in [1.82, 2.24) is 0 Å². The van der Waals surface area contributed by atoms with Crippen molar-refractivity contribution in [3.05, 3.63) is 0 Å². The maximum atomic E-state index is 8.72. The van der Waals surface area contributed by atoms with Gasteiger partial charge in [-0.25, -0.2) is 0 Å². The van der Waals surface area contributed by atoms with E-state index in [1.807, 2.05) is 25.6 Å². The van der Waals surface area contributed by atoms with Gasteiger partial charge in [0, 0.05) is 0 Å². The summed E-state index contributed by atoms with van der Waals surface area (Å²) in [5, 5.41) is 8.72. The van der Waals surface area contributed by atoms with Gasteiger partial charge in [0.1, 0.15) is 0 Å². The van der Waals surface area contributed by atoms with Crippen LogP contribution in [0.2, 0.25) is 0 Å². The Bertz CT molecular complexity index is 149. The predicted molar refractivity (Wildman–Crippen MR) is 55.0 cm³/mol. The normalized spacial score (nSPS) is 11.2. The molecule has 2 N–H and O–H groups in total. The molecule has 0 saturated heterocycles. The predicted octanol–water partition coefficient (Wildman–Crippen LogP) is 2.01. The second-order valence-electron chi connectivity index (χ2n) is 3.50. The van der Waals surface area contributed by atoms with Gasteiger partial charge in [0.25, 0.3) is 0 Å². The molecule has 0 saturated carbocycles. The molecule has 0 aliphatic carbocycles. The Morgan fingerprint density at radius 3 is 2.58 bits per heavy atom. The molecule has 0 fully saturated rings. The van der Waals surface area contributed by atoms with Gasteiger partial charge in [-0.3, -0.25) is 0 Å². The molecule has 0 aromatic heterocycles. The molecule has 2 nitrogen and oxygen atoms in total. The monoisotopic (exact) mass is 186 g/mol. The third-order valence-electron chi connectivity index (χ3n) is 1.67. The van der Waals surface area contributed by atoms with Crippen LogP contribution in [0, 0.1) is 16.7 Å². The van der Waals surface area contributed by atoms with Crippen molar-refractivity contribution >= 4 is 11.8 Å². The molecule has 0 aromatic carbocycles. The third-order valence-corrected chi connectivity index (χ3v) is 2.74. The van der Waals surface area contributed by atoms with E-state index in [2.05, 4.69) is 6.07 Å². The lowest BCUT2D eigenvalue weighted by Crippen LogP contribution is -2.09. The number of nitrogens with two attached hydrogens (primary N) is 1. The Labute approximate surface area is 79.5 Å². The zero-order valence-corrected chi connectivity index (χ0v) is 8.78. The van der Waals surface area contributed by atoms with Crippen molar-refractivity contribution in [3.63, 3.8) is 0 Å². The van der Waals surface area contributed by atoms with E-state index in [-0.39, 0.29) is 5.41 Å². The number of nitriles is 1. The van der Waals surface area contributed by atoms with Crippen LogP contribution in [0.25, 0.3) is 0 Å². The minimum absolute atomic E-state index is 0.157. The minimum Gasteiger partial charge on any atom is -0.330 e. The summed E-state index contributed by atoms with van der Waals surface area (Å²) in [5.74, 6) is 2.19. The van der Waals surface area contributed by atoms with Gasteiger partial charge < -0.3 is 5.73 Å². The summed E-state index contributed by atoms with van der Waals surface area (Å²) in [6.45, 7) is 4.74. The smallest absolute Gasteiger partial charge is 0.0684 e. The van der Waals surface area contributed by atoms with Gasteiger partial charge in [0.2, 0.25) is 0 Å². The fourth-order valence-corrected chi connectivity index (χ4v) is 1.90. The third kappa shape index (κ3) is 6.51. The molecule has 0 aromatic rings. The van der Waals surface area contributed by atoms with Crippen LogP contribution in [0.1, 0.15) is 26.7 Å². The molecule has 3 heteroatoms. The van der Waals surface area contributed by atoms with Crippen LogP contribution in [0.3, 0.4) is 0 Å². The van der Waals surface area contributed by atoms with Crippen molar-refractivity contribution < 1.29 is 0 Å². The molecule has 12 heavy (non-hydrogen) atoms. The fraction of sp³-hybridized carbons (Fsp3) is 0.889. The molecular formula is C9H18N2S. The Morgan fingerprint density at radius 2 is 2.08 bits per heavy atom. The molecule has 0 spiro atoms. The first-order valence-electron chi connectivity index (χ1n) is 4.31. The van der Waals surface area contributed by atoms with Crippen molar-refractivity contribution in [2.45, 2.75) is 26.7 Å². The first-order valence-corrected chi connectivity index (χ1v) is 5.47. The van der Waals surface area contributed by atoms with Gasteiger partial charge in [-0.1, -0.05) is 0 Å². The van der Waals surface area contributed by atoms with E-state index < -0.39 is 0 Å². The summed E-state index contributed by atoms with van der Waals surface area (Å²) < 4.78 is 0. The number of hydrogen-bond donors (Lipinski definition) is 1. The van der Waals surface area contributed by atoms with Crippen molar-refractivity contribution in [2.75, 3.05) is 18.1 Å². The van der Waals surface area contributed by atoms with Crippen LogP contribution in [-0.2, 0) is 0 Å². The Kier molecular flexibility index (Phi) is 6.23. The fourth-order valence-electron chi connectivity index (χ4n) is 0.671. The van der Waals surface area contributed by atoms with Gasteiger partial charge in [-0.15, -0.1) is 0 Å². The molecule has 0 amide bonds. The average Bonchev–Trinajstić information content (AvgIpc) is 2.04. The summed E-state index contributed by atoms with van der Waals surface area (Å²) in [4.78, 5) is 0. The number of thioether (sulfide) groups is 1. The highest BCUT2D eigenvalue weighted by atomic mass is 32.2. The van der Waals surface area contributed by atoms with Crippen LogP contribution in [0.5, 0.6) is 0 Å². The van der Waals surface area contributed by atoms with Crippen molar-refractivity contribution in [2.24, 2.45) is 11.1 Å². The maximum absolute atomic E-state index is 8.72. The van der Waals surface area contributed by atoms with E-state index in [1.165, 1.54) is 0 Å². The molecule has 70 valence electrons. The van der Waals surface area contributed by atoms with Gasteiger partial charge >= 0.3 is 0 Å². The highest BCUT2D eigenvalue weighted by molar-refractivity contribution is 7.99. The summed E-state index contributed by atoms with van der Waals surface area (Å²) >= 11 is 1.89. The van der Waals surface area contributed by atoms with E-state index in [9.17, 15) is 0 Å². The first-order chi connectivity index (χ1) is 5.62. The maximum Gasteiger partial charge on any atom is 0.0684 e. The molecule has 0 bridgehead atoms. The lowest BCUT2D eigenvalue weighted by molar-refractivity contribution is 0.482. The first kappa shape index (κ1) is 11.8. The van der Waals surface area contributed by atoms with Gasteiger partial charge in [0.15, 0.2) is 0 Å². The lowest BCUT2D eigenvalue weighted by atomic mass is 9.93. The lowest BCUT2D eigenvalue weighted by Gasteiger charge is -2.13. The van der Waals surface area contributed by atoms with Gasteiger partial charge in [-0.2, -0.15) is 17.0 Å². The van der Waals surface area contributed by atoms with Crippen LogP contribution in [0.15, 0.2) is 0 Å². The molecule has 0 aliphatic heterocycles. The largest absolute Gasteiger partial charge is 0.330 e. The van der Waals surface area contributed by atoms with Crippen LogP contribution >= 0.6 is 11.8 Å². The number of rotatable bonds is 6. The van der Waals surface area contributed by atoms with Crippen molar-refractivity contribution in [1.29, 1.82) is 5.26 Å². The highest BCUT2D eigenvalue weighted by Crippen LogP contribution is 2.21. The molecule has 0 radical (unpaired) electrons. The summed E-state index contributed by atoms with van der Waals surface area (Å²) in [5.41, 5.74) is 5.20. The van der Waals surface area contributed by atoms with E-state index in [4.69, 9.17) is 11.0 Å². The van der Waals surface area contributed by atoms with E-state index >= 15 is 0 Å². The average molecular weight is 186 g/mol. The van der Waals surface area contributed by atoms with E-state index in [1.54, 1.807) is 0 Å². The standard InChI is InChI=1S/C9H18N2S/c1-9(2,8-11)4-7-12-6-3-5-10/h3-7,10H2,1-2H3. The minimum atomic E-state index is -0.157. The summed E-state index contributed by atoms with van der Waals surface area (Å²) in [7, 11) is 0. The van der Waals surface area contributed by atoms with E-state index in [0.717, 1.165) is 30.9 Å². The Balaban J connectivity index is 3.27. The molecule has 0 unspecified atom stereocenters. The highest BCUT2D eigenvalue weighted by Gasteiger charge is 2.15. The Morgan fingerprint density at radius 1 is 1.42 bits per heavy atom. The summed E-state index contributed by atoms with van der Waals surface area (Å²) in [6, 6.07) is 2.29. The second-order valence-corrected chi connectivity index (χ2v) is 4.73. The quantitative estimate of drug-likeness (QED) is 0.646. The molecular weight excluding hydrogens is 168 g/mol. The van der Waals surface area contributed by atoms with Gasteiger partial charge in [0.05, 0.1) is 11.5 Å². The second kappa shape index (κ2) is 6.33. The van der Waals surface area contributed by atoms with Crippen LogP contribution in [-0.4, -0.2) is 18.1 Å². The number of nitrogens with zero attached hydrogens (tertiary/aromatic N) is 1. The molecule has 0 rings (SSSR count).